The zero-order valence-electron chi connectivity index (χ0n) is 15.3. The molecule has 28 heavy (non-hydrogen) atoms. The molecule has 1 aliphatic carbocycles. The summed E-state index contributed by atoms with van der Waals surface area (Å²) >= 11 is 7.66. The third-order valence-corrected chi connectivity index (χ3v) is 6.65. The van der Waals surface area contributed by atoms with Gasteiger partial charge in [0.15, 0.2) is 5.13 Å². The van der Waals surface area contributed by atoms with E-state index in [1.807, 2.05) is 35.7 Å². The molecule has 7 heteroatoms. The lowest BCUT2D eigenvalue weighted by atomic mass is 9.81. The highest BCUT2D eigenvalue weighted by atomic mass is 35.5. The highest BCUT2D eigenvalue weighted by Crippen LogP contribution is 2.45. The van der Waals surface area contributed by atoms with Gasteiger partial charge < -0.3 is 5.11 Å². The van der Waals surface area contributed by atoms with Gasteiger partial charge in [0.25, 0.3) is 0 Å². The van der Waals surface area contributed by atoms with Gasteiger partial charge in [-0.25, -0.2) is 4.98 Å². The minimum absolute atomic E-state index is 0.0886. The zero-order chi connectivity index (χ0) is 19.7. The average Bonchev–Trinajstić information content (AvgIpc) is 3.39. The number of benzene rings is 1. The van der Waals surface area contributed by atoms with Gasteiger partial charge in [-0.15, -0.1) is 11.3 Å². The first kappa shape index (κ1) is 19.2. The van der Waals surface area contributed by atoms with Gasteiger partial charge in [-0.2, -0.15) is 0 Å². The van der Waals surface area contributed by atoms with E-state index < -0.39 is 11.9 Å². The van der Waals surface area contributed by atoms with E-state index in [4.69, 9.17) is 11.6 Å². The number of carboxylic acids is 1. The fourth-order valence-corrected chi connectivity index (χ4v) is 4.97. The van der Waals surface area contributed by atoms with E-state index in [1.165, 1.54) is 11.3 Å². The van der Waals surface area contributed by atoms with Crippen molar-refractivity contribution < 1.29 is 14.7 Å². The van der Waals surface area contributed by atoms with Crippen molar-refractivity contribution in [2.75, 3.05) is 11.4 Å². The first-order chi connectivity index (χ1) is 13.5. The van der Waals surface area contributed by atoms with Crippen LogP contribution in [0.5, 0.6) is 0 Å². The van der Waals surface area contributed by atoms with E-state index in [0.717, 1.165) is 30.5 Å². The van der Waals surface area contributed by atoms with E-state index in [-0.39, 0.29) is 18.2 Å². The minimum Gasteiger partial charge on any atom is -0.481 e. The molecule has 1 aliphatic heterocycles. The maximum Gasteiger partial charge on any atom is 0.304 e. The van der Waals surface area contributed by atoms with Gasteiger partial charge in [-0.05, 0) is 37.2 Å². The largest absolute Gasteiger partial charge is 0.481 e. The van der Waals surface area contributed by atoms with Crippen LogP contribution in [0.15, 0.2) is 41.8 Å². The van der Waals surface area contributed by atoms with Crippen LogP contribution in [0.1, 0.15) is 25.7 Å². The standard InChI is InChI=1S/C21H21ClN2O3S/c22-17-7-2-1-6-15(17)18-12-28-21(23-18)24-10-4-3-5-14(13-8-9-13)16(20(24)27)11-19(25)26/h1-4,6-7,12-14,16H,5,8-11H2,(H,25,26)/b4-3-/t14-,16+/m1/s1. The number of aromatic nitrogens is 1. The van der Waals surface area contributed by atoms with Gasteiger partial charge >= 0.3 is 5.97 Å². The SMILES string of the molecule is O=C(O)C[C@@H]1C(=O)N(c2nc(-c3ccccc3Cl)cs2)C/C=C\C[C@@H]1C1CC1. The Hall–Kier alpha value is -2.18. The number of hydrogen-bond donors (Lipinski definition) is 1. The molecule has 0 unspecified atom stereocenters. The molecule has 0 spiro atoms. The number of rotatable bonds is 5. The summed E-state index contributed by atoms with van der Waals surface area (Å²) < 4.78 is 0. The summed E-state index contributed by atoms with van der Waals surface area (Å²) in [5.74, 6) is -1.03. The number of aliphatic carboxylic acids is 1. The molecule has 0 saturated heterocycles. The molecule has 146 valence electrons. The number of hydrogen-bond acceptors (Lipinski definition) is 4. The Labute approximate surface area is 172 Å². The van der Waals surface area contributed by atoms with Gasteiger partial charge in [0, 0.05) is 22.5 Å². The average molecular weight is 417 g/mol. The first-order valence-corrected chi connectivity index (χ1v) is 10.7. The number of halogens is 1. The fraction of sp³-hybridized carbons (Fsp3) is 0.381. The summed E-state index contributed by atoms with van der Waals surface area (Å²) in [5, 5.41) is 12.5. The number of thiazole rings is 1. The van der Waals surface area contributed by atoms with Crippen LogP contribution >= 0.6 is 22.9 Å². The van der Waals surface area contributed by atoms with Crippen LogP contribution in [-0.4, -0.2) is 28.5 Å². The Bertz CT molecular complexity index is 922. The molecule has 0 bridgehead atoms. The molecular weight excluding hydrogens is 396 g/mol. The predicted molar refractivity (Wildman–Crippen MR) is 111 cm³/mol. The van der Waals surface area contributed by atoms with Crippen molar-refractivity contribution in [1.29, 1.82) is 0 Å². The van der Waals surface area contributed by atoms with E-state index >= 15 is 0 Å². The number of carbonyl (C=O) groups is 2. The van der Waals surface area contributed by atoms with Crippen molar-refractivity contribution in [1.82, 2.24) is 4.98 Å². The summed E-state index contributed by atoms with van der Waals surface area (Å²) in [7, 11) is 0. The monoisotopic (exact) mass is 416 g/mol. The molecule has 0 radical (unpaired) electrons. The van der Waals surface area contributed by atoms with Gasteiger partial charge in [-0.1, -0.05) is 42.0 Å². The lowest BCUT2D eigenvalue weighted by molar-refractivity contribution is -0.141. The topological polar surface area (TPSA) is 70.5 Å². The summed E-state index contributed by atoms with van der Waals surface area (Å²) in [6, 6.07) is 7.46. The lowest BCUT2D eigenvalue weighted by Crippen LogP contribution is -2.42. The lowest BCUT2D eigenvalue weighted by Gasteiger charge is -2.31. The minimum atomic E-state index is -0.926. The highest BCUT2D eigenvalue weighted by molar-refractivity contribution is 7.14. The molecule has 2 heterocycles. The van der Waals surface area contributed by atoms with E-state index in [0.29, 0.717) is 22.6 Å². The molecular formula is C21H21ClN2O3S. The zero-order valence-corrected chi connectivity index (χ0v) is 16.8. The molecule has 5 nitrogen and oxygen atoms in total. The number of carbonyl (C=O) groups excluding carboxylic acids is 1. The maximum absolute atomic E-state index is 13.4. The number of carboxylic acid groups (broad SMARTS) is 1. The summed E-state index contributed by atoms with van der Waals surface area (Å²) in [6.07, 6.45) is 6.87. The smallest absolute Gasteiger partial charge is 0.304 e. The Morgan fingerprint density at radius 1 is 1.29 bits per heavy atom. The third-order valence-electron chi connectivity index (χ3n) is 5.46. The Morgan fingerprint density at radius 2 is 2.07 bits per heavy atom. The molecule has 1 fully saturated rings. The van der Waals surface area contributed by atoms with Crippen molar-refractivity contribution in [3.63, 3.8) is 0 Å². The Kier molecular flexibility index (Phi) is 5.51. The second-order valence-corrected chi connectivity index (χ2v) is 8.60. The first-order valence-electron chi connectivity index (χ1n) is 9.43. The molecule has 1 aromatic heterocycles. The van der Waals surface area contributed by atoms with Crippen LogP contribution in [0.3, 0.4) is 0 Å². The Balaban J connectivity index is 1.65. The molecule has 2 aliphatic rings. The van der Waals surface area contributed by atoms with E-state index in [1.54, 1.807) is 4.90 Å². The van der Waals surface area contributed by atoms with Crippen LogP contribution < -0.4 is 4.90 Å². The van der Waals surface area contributed by atoms with Crippen LogP contribution in [0, 0.1) is 17.8 Å². The van der Waals surface area contributed by atoms with Gasteiger partial charge in [0.1, 0.15) is 0 Å². The van der Waals surface area contributed by atoms with Crippen molar-refractivity contribution in [2.24, 2.45) is 17.8 Å². The number of nitrogens with zero attached hydrogens (tertiary/aromatic N) is 2. The number of allylic oxidation sites excluding steroid dienone is 1. The second-order valence-electron chi connectivity index (χ2n) is 7.36. The third kappa shape index (κ3) is 3.98. The van der Waals surface area contributed by atoms with E-state index in [2.05, 4.69) is 11.1 Å². The maximum atomic E-state index is 13.4. The molecule has 1 saturated carbocycles. The predicted octanol–water partition coefficient (Wildman–Crippen LogP) is 4.87. The molecule has 2 atom stereocenters. The van der Waals surface area contributed by atoms with E-state index in [9.17, 15) is 14.7 Å². The van der Waals surface area contributed by atoms with Crippen molar-refractivity contribution in [3.8, 4) is 11.3 Å². The molecule has 2 aromatic rings. The quantitative estimate of drug-likeness (QED) is 0.705. The summed E-state index contributed by atoms with van der Waals surface area (Å²) in [6.45, 7) is 0.405. The van der Waals surface area contributed by atoms with Gasteiger partial charge in [0.05, 0.1) is 18.0 Å². The molecule has 1 N–H and O–H groups in total. The van der Waals surface area contributed by atoms with Crippen LogP contribution in [0.25, 0.3) is 11.3 Å². The normalized spacial score (nSPS) is 23.9. The Morgan fingerprint density at radius 3 is 2.79 bits per heavy atom. The highest BCUT2D eigenvalue weighted by Gasteiger charge is 2.42. The van der Waals surface area contributed by atoms with Crippen LogP contribution in [0.2, 0.25) is 5.02 Å². The molecule has 4 rings (SSSR count). The number of amides is 1. The van der Waals surface area contributed by atoms with Crippen LogP contribution in [0.4, 0.5) is 5.13 Å². The van der Waals surface area contributed by atoms with Crippen molar-refractivity contribution in [3.05, 3.63) is 46.8 Å². The number of anilines is 1. The van der Waals surface area contributed by atoms with Crippen LogP contribution in [-0.2, 0) is 9.59 Å². The molecule has 1 amide bonds. The second kappa shape index (κ2) is 8.05. The van der Waals surface area contributed by atoms with Gasteiger partial charge in [-0.3, -0.25) is 14.5 Å². The molecule has 1 aromatic carbocycles. The summed E-state index contributed by atoms with van der Waals surface area (Å²) in [4.78, 5) is 31.1. The summed E-state index contributed by atoms with van der Waals surface area (Å²) in [5.41, 5.74) is 1.54. The fourth-order valence-electron chi connectivity index (χ4n) is 3.90. The van der Waals surface area contributed by atoms with Crippen molar-refractivity contribution in [2.45, 2.75) is 25.7 Å². The van der Waals surface area contributed by atoms with Gasteiger partial charge in [0.2, 0.25) is 5.91 Å². The van der Waals surface area contributed by atoms with Crippen molar-refractivity contribution >= 4 is 39.9 Å².